The zero-order chi connectivity index (χ0) is 21.1. The molecule has 0 heteroatoms. The molecule has 0 bridgehead atoms. The molecule has 0 N–H and O–H groups in total. The molecule has 0 amide bonds. The third-order valence-electron chi connectivity index (χ3n) is 7.76. The van der Waals surface area contributed by atoms with E-state index >= 15 is 0 Å². The lowest BCUT2D eigenvalue weighted by Crippen LogP contribution is -2.26. The Labute approximate surface area is 188 Å². The number of fused-ring (bicyclic) bond motifs is 9. The highest BCUT2D eigenvalue weighted by atomic mass is 14.5. The molecule has 32 heavy (non-hydrogen) atoms. The summed E-state index contributed by atoms with van der Waals surface area (Å²) in [6.07, 6.45) is 7.31. The molecule has 152 valence electrons. The van der Waals surface area contributed by atoms with E-state index in [9.17, 15) is 0 Å². The van der Waals surface area contributed by atoms with Crippen LogP contribution in [0, 0.1) is 0 Å². The van der Waals surface area contributed by atoms with Gasteiger partial charge in [-0.05, 0) is 62.2 Å². The number of hydrogen-bond acceptors (Lipinski definition) is 0. The highest BCUT2D eigenvalue weighted by Gasteiger charge is 2.44. The molecule has 0 saturated carbocycles. The standard InChI is InChI=1S/C32H24/c1-2-8-22(9-3-1)23-18-20-32(21-19-23)28-16-14-24-10-4-6-12-26(24)30(28)31-27-13-7-5-11-25(27)15-17-29(31)32/h1-18,20,23H,19,21H2. The van der Waals surface area contributed by atoms with E-state index in [2.05, 4.69) is 115 Å². The Hall–Kier alpha value is -3.64. The topological polar surface area (TPSA) is 0 Å². The van der Waals surface area contributed by atoms with Crippen LogP contribution in [0.1, 0.15) is 35.4 Å². The van der Waals surface area contributed by atoms with Crippen molar-refractivity contribution in [2.45, 2.75) is 24.2 Å². The van der Waals surface area contributed by atoms with Crippen LogP contribution in [0.2, 0.25) is 0 Å². The summed E-state index contributed by atoms with van der Waals surface area (Å²) in [4.78, 5) is 0. The summed E-state index contributed by atoms with van der Waals surface area (Å²) in [5.41, 5.74) is 7.23. The van der Waals surface area contributed by atoms with Crippen molar-refractivity contribution in [3.05, 3.63) is 132 Å². The van der Waals surface area contributed by atoms with Gasteiger partial charge in [0.1, 0.15) is 0 Å². The summed E-state index contributed by atoms with van der Waals surface area (Å²) in [5.74, 6) is 0.496. The van der Waals surface area contributed by atoms with Crippen LogP contribution in [0.3, 0.4) is 0 Å². The first kappa shape index (κ1) is 18.0. The monoisotopic (exact) mass is 408 g/mol. The van der Waals surface area contributed by atoms with Crippen LogP contribution >= 0.6 is 0 Å². The lowest BCUT2D eigenvalue weighted by molar-refractivity contribution is 0.510. The molecule has 7 rings (SSSR count). The molecule has 1 unspecified atom stereocenters. The van der Waals surface area contributed by atoms with E-state index in [1.165, 1.54) is 55.8 Å². The third kappa shape index (κ3) is 2.38. The van der Waals surface area contributed by atoms with Crippen molar-refractivity contribution in [2.75, 3.05) is 0 Å². The molecule has 5 aromatic carbocycles. The summed E-state index contributed by atoms with van der Waals surface area (Å²) in [5, 5.41) is 5.39. The second-order valence-corrected chi connectivity index (χ2v) is 9.30. The molecule has 0 aliphatic heterocycles. The Morgan fingerprint density at radius 2 is 1.12 bits per heavy atom. The first-order valence-corrected chi connectivity index (χ1v) is 11.6. The lowest BCUT2D eigenvalue weighted by Gasteiger charge is -2.34. The maximum atomic E-state index is 2.53. The van der Waals surface area contributed by atoms with Crippen LogP contribution < -0.4 is 0 Å². The molecule has 0 aromatic heterocycles. The molecule has 1 atom stereocenters. The third-order valence-corrected chi connectivity index (χ3v) is 7.76. The van der Waals surface area contributed by atoms with Crippen LogP contribution in [0.5, 0.6) is 0 Å². The molecule has 0 saturated heterocycles. The SMILES string of the molecule is C1=CC2(CCC1c1ccccc1)c1ccc3ccccc3c1-c1c2ccc2ccccc12. The van der Waals surface area contributed by atoms with Crippen LogP contribution in [-0.2, 0) is 5.41 Å². The average molecular weight is 409 g/mol. The van der Waals surface area contributed by atoms with Gasteiger partial charge in [0.2, 0.25) is 0 Å². The molecule has 0 heterocycles. The molecular formula is C32H24. The Balaban J connectivity index is 1.53. The van der Waals surface area contributed by atoms with Crippen LogP contribution in [0.25, 0.3) is 32.7 Å². The van der Waals surface area contributed by atoms with Gasteiger partial charge in [0.25, 0.3) is 0 Å². The van der Waals surface area contributed by atoms with E-state index in [0.717, 1.165) is 6.42 Å². The van der Waals surface area contributed by atoms with Gasteiger partial charge in [-0.25, -0.2) is 0 Å². The zero-order valence-electron chi connectivity index (χ0n) is 18.0. The van der Waals surface area contributed by atoms with Crippen molar-refractivity contribution in [1.82, 2.24) is 0 Å². The Kier molecular flexibility index (Phi) is 3.75. The van der Waals surface area contributed by atoms with Crippen molar-refractivity contribution in [1.29, 1.82) is 0 Å². The summed E-state index contributed by atoms with van der Waals surface area (Å²) in [6, 6.07) is 38.2. The number of hydrogen-bond donors (Lipinski definition) is 0. The molecule has 0 radical (unpaired) electrons. The quantitative estimate of drug-likeness (QED) is 0.244. The molecule has 0 fully saturated rings. The smallest absolute Gasteiger partial charge is 0.0395 e. The average Bonchev–Trinajstić information content (AvgIpc) is 3.15. The van der Waals surface area contributed by atoms with E-state index in [4.69, 9.17) is 0 Å². The van der Waals surface area contributed by atoms with Gasteiger partial charge in [-0.3, -0.25) is 0 Å². The van der Waals surface area contributed by atoms with Gasteiger partial charge in [-0.2, -0.15) is 0 Å². The minimum absolute atomic E-state index is 0.0377. The Bertz CT molecular complexity index is 1440. The Morgan fingerprint density at radius 3 is 1.69 bits per heavy atom. The van der Waals surface area contributed by atoms with E-state index in [1.54, 1.807) is 0 Å². The summed E-state index contributed by atoms with van der Waals surface area (Å²) < 4.78 is 0. The van der Waals surface area contributed by atoms with Gasteiger partial charge in [0.15, 0.2) is 0 Å². The summed E-state index contributed by atoms with van der Waals surface area (Å²) in [7, 11) is 0. The van der Waals surface area contributed by atoms with E-state index in [1.807, 2.05) is 0 Å². The molecular weight excluding hydrogens is 384 g/mol. The van der Waals surface area contributed by atoms with Crippen molar-refractivity contribution < 1.29 is 0 Å². The van der Waals surface area contributed by atoms with Crippen LogP contribution in [0.4, 0.5) is 0 Å². The van der Waals surface area contributed by atoms with E-state index in [-0.39, 0.29) is 5.41 Å². The van der Waals surface area contributed by atoms with Gasteiger partial charge in [-0.15, -0.1) is 0 Å². The first-order valence-electron chi connectivity index (χ1n) is 11.6. The fraction of sp³-hybridized carbons (Fsp3) is 0.125. The summed E-state index contributed by atoms with van der Waals surface area (Å²) >= 11 is 0. The highest BCUT2D eigenvalue weighted by molar-refractivity contribution is 6.11. The first-order chi connectivity index (χ1) is 15.9. The van der Waals surface area contributed by atoms with Crippen molar-refractivity contribution in [3.8, 4) is 11.1 Å². The van der Waals surface area contributed by atoms with Crippen molar-refractivity contribution >= 4 is 21.5 Å². The molecule has 1 spiro atoms. The number of benzene rings is 5. The van der Waals surface area contributed by atoms with Gasteiger partial charge in [0.05, 0.1) is 0 Å². The predicted molar refractivity (Wildman–Crippen MR) is 135 cm³/mol. The van der Waals surface area contributed by atoms with Crippen molar-refractivity contribution in [2.24, 2.45) is 0 Å². The van der Waals surface area contributed by atoms with Crippen LogP contribution in [0.15, 0.2) is 115 Å². The highest BCUT2D eigenvalue weighted by Crippen LogP contribution is 2.58. The minimum Gasteiger partial charge on any atom is -0.0798 e. The number of rotatable bonds is 1. The van der Waals surface area contributed by atoms with Crippen molar-refractivity contribution in [3.63, 3.8) is 0 Å². The van der Waals surface area contributed by atoms with Gasteiger partial charge in [0, 0.05) is 11.3 Å². The largest absolute Gasteiger partial charge is 0.0798 e. The molecule has 5 aromatic rings. The second-order valence-electron chi connectivity index (χ2n) is 9.30. The predicted octanol–water partition coefficient (Wildman–Crippen LogP) is 8.39. The molecule has 2 aliphatic carbocycles. The lowest BCUT2D eigenvalue weighted by atomic mass is 9.68. The van der Waals surface area contributed by atoms with Gasteiger partial charge < -0.3 is 0 Å². The van der Waals surface area contributed by atoms with E-state index in [0.29, 0.717) is 5.92 Å². The number of allylic oxidation sites excluding steroid dienone is 2. The summed E-state index contributed by atoms with van der Waals surface area (Å²) in [6.45, 7) is 0. The van der Waals surface area contributed by atoms with Gasteiger partial charge >= 0.3 is 0 Å². The fourth-order valence-electron chi connectivity index (χ4n) is 6.24. The second kappa shape index (κ2) is 6.68. The molecule has 2 aliphatic rings. The van der Waals surface area contributed by atoms with E-state index < -0.39 is 0 Å². The maximum Gasteiger partial charge on any atom is 0.0395 e. The maximum absolute atomic E-state index is 2.53. The normalized spacial score (nSPS) is 18.2. The fourth-order valence-corrected chi connectivity index (χ4v) is 6.24. The zero-order valence-corrected chi connectivity index (χ0v) is 18.0. The van der Waals surface area contributed by atoms with Gasteiger partial charge in [-0.1, -0.05) is 115 Å². The molecule has 0 nitrogen and oxygen atoms in total. The van der Waals surface area contributed by atoms with Crippen LogP contribution in [-0.4, -0.2) is 0 Å². The Morgan fingerprint density at radius 1 is 0.562 bits per heavy atom. The minimum atomic E-state index is -0.0377.